The zero-order chi connectivity index (χ0) is 15.4. The van der Waals surface area contributed by atoms with Crippen molar-refractivity contribution in [1.29, 1.82) is 0 Å². The predicted octanol–water partition coefficient (Wildman–Crippen LogP) is 3.50. The number of carbonyl (C=O) groups is 1. The third kappa shape index (κ3) is 3.64. The first-order chi connectivity index (χ1) is 10.7. The number of thioether (sulfide) groups is 1. The van der Waals surface area contributed by atoms with Crippen molar-refractivity contribution in [3.8, 4) is 0 Å². The summed E-state index contributed by atoms with van der Waals surface area (Å²) in [5.41, 5.74) is 2.09. The highest BCUT2D eigenvalue weighted by atomic mass is 32.2. The van der Waals surface area contributed by atoms with E-state index in [1.165, 1.54) is 37.4 Å². The first kappa shape index (κ1) is 15.4. The van der Waals surface area contributed by atoms with Crippen LogP contribution in [0, 0.1) is 0 Å². The molecule has 0 atom stereocenters. The number of imidazole rings is 1. The van der Waals surface area contributed by atoms with E-state index in [-0.39, 0.29) is 5.91 Å². The van der Waals surface area contributed by atoms with Gasteiger partial charge in [0, 0.05) is 13.1 Å². The normalized spacial score (nSPS) is 16.6. The number of aryl methyl sites for hydroxylation is 1. The van der Waals surface area contributed by atoms with Gasteiger partial charge in [-0.25, -0.2) is 4.98 Å². The Labute approximate surface area is 135 Å². The molecule has 1 heterocycles. The number of nitrogens with zero attached hydrogens (tertiary/aromatic N) is 2. The minimum Gasteiger partial charge on any atom is -0.353 e. The lowest BCUT2D eigenvalue weighted by atomic mass is 10.1. The van der Waals surface area contributed by atoms with Crippen molar-refractivity contribution >= 4 is 28.7 Å². The molecule has 1 amide bonds. The van der Waals surface area contributed by atoms with Gasteiger partial charge < -0.3 is 9.88 Å². The van der Waals surface area contributed by atoms with Gasteiger partial charge in [0.05, 0.1) is 16.8 Å². The van der Waals surface area contributed by atoms with Gasteiger partial charge in [-0.05, 0) is 25.0 Å². The molecule has 1 aromatic carbocycles. The van der Waals surface area contributed by atoms with Gasteiger partial charge in [-0.3, -0.25) is 4.79 Å². The average Bonchev–Trinajstić information content (AvgIpc) is 2.69. The predicted molar refractivity (Wildman–Crippen MR) is 91.1 cm³/mol. The van der Waals surface area contributed by atoms with Crippen LogP contribution in [-0.4, -0.2) is 27.3 Å². The number of aromatic nitrogens is 2. The quantitative estimate of drug-likeness (QED) is 0.693. The first-order valence-electron chi connectivity index (χ1n) is 8.07. The van der Waals surface area contributed by atoms with E-state index in [1.807, 2.05) is 25.2 Å². The second kappa shape index (κ2) is 7.18. The molecule has 5 heteroatoms. The van der Waals surface area contributed by atoms with Gasteiger partial charge in [-0.15, -0.1) is 0 Å². The summed E-state index contributed by atoms with van der Waals surface area (Å²) in [5.74, 6) is 0.567. The second-order valence-corrected chi connectivity index (χ2v) is 6.93. The maximum atomic E-state index is 12.2. The van der Waals surface area contributed by atoms with Crippen LogP contribution in [0.5, 0.6) is 0 Å². The summed E-state index contributed by atoms with van der Waals surface area (Å²) in [6.45, 7) is 0. The second-order valence-electron chi connectivity index (χ2n) is 5.99. The molecule has 1 aliphatic rings. The number of para-hydroxylation sites is 2. The molecule has 118 valence electrons. The third-order valence-electron chi connectivity index (χ3n) is 4.30. The lowest BCUT2D eigenvalue weighted by Gasteiger charge is -2.15. The van der Waals surface area contributed by atoms with Crippen molar-refractivity contribution in [2.75, 3.05) is 5.75 Å². The number of nitrogens with one attached hydrogen (secondary N) is 1. The highest BCUT2D eigenvalue weighted by molar-refractivity contribution is 7.99. The van der Waals surface area contributed by atoms with E-state index in [4.69, 9.17) is 0 Å². The van der Waals surface area contributed by atoms with E-state index in [2.05, 4.69) is 20.9 Å². The van der Waals surface area contributed by atoms with Crippen LogP contribution in [0.2, 0.25) is 0 Å². The topological polar surface area (TPSA) is 46.9 Å². The van der Waals surface area contributed by atoms with Crippen LogP contribution in [0.1, 0.15) is 38.5 Å². The molecule has 0 bridgehead atoms. The van der Waals surface area contributed by atoms with E-state index in [0.29, 0.717) is 11.8 Å². The highest BCUT2D eigenvalue weighted by Gasteiger charge is 2.16. The van der Waals surface area contributed by atoms with E-state index in [1.54, 1.807) is 0 Å². The maximum absolute atomic E-state index is 12.2. The molecule has 1 aliphatic carbocycles. The van der Waals surface area contributed by atoms with E-state index >= 15 is 0 Å². The molecular weight excluding hydrogens is 294 g/mol. The van der Waals surface area contributed by atoms with Crippen LogP contribution >= 0.6 is 11.8 Å². The number of rotatable bonds is 4. The average molecular weight is 317 g/mol. The van der Waals surface area contributed by atoms with Crippen LogP contribution in [0.15, 0.2) is 29.4 Å². The Morgan fingerprint density at radius 3 is 2.73 bits per heavy atom. The van der Waals surface area contributed by atoms with Gasteiger partial charge in [-0.2, -0.15) is 0 Å². The minimum atomic E-state index is 0.129. The Morgan fingerprint density at radius 1 is 1.27 bits per heavy atom. The first-order valence-corrected chi connectivity index (χ1v) is 9.06. The van der Waals surface area contributed by atoms with Crippen molar-refractivity contribution in [2.45, 2.75) is 49.7 Å². The molecule has 3 rings (SSSR count). The Morgan fingerprint density at radius 2 is 2.00 bits per heavy atom. The lowest BCUT2D eigenvalue weighted by Crippen LogP contribution is -2.35. The maximum Gasteiger partial charge on any atom is 0.230 e. The summed E-state index contributed by atoms with van der Waals surface area (Å²) in [6.07, 6.45) is 7.35. The fraction of sp³-hybridized carbons (Fsp3) is 0.529. The Bertz CT molecular complexity index is 644. The van der Waals surface area contributed by atoms with Gasteiger partial charge in [0.2, 0.25) is 5.91 Å². The molecule has 0 saturated heterocycles. The molecule has 1 saturated carbocycles. The third-order valence-corrected chi connectivity index (χ3v) is 5.33. The summed E-state index contributed by atoms with van der Waals surface area (Å²) in [6, 6.07) is 8.43. The number of carbonyl (C=O) groups excluding carboxylic acids is 1. The van der Waals surface area contributed by atoms with Gasteiger partial charge in [-0.1, -0.05) is 49.6 Å². The molecule has 0 spiro atoms. The fourth-order valence-electron chi connectivity index (χ4n) is 3.08. The van der Waals surface area contributed by atoms with E-state index in [0.717, 1.165) is 29.0 Å². The molecule has 1 N–H and O–H groups in total. The summed E-state index contributed by atoms with van der Waals surface area (Å²) >= 11 is 1.51. The summed E-state index contributed by atoms with van der Waals surface area (Å²) in [4.78, 5) is 16.7. The summed E-state index contributed by atoms with van der Waals surface area (Å²) < 4.78 is 2.05. The molecular formula is C17H23N3OS. The molecule has 0 radical (unpaired) electrons. The Hall–Kier alpha value is -1.49. The van der Waals surface area contributed by atoms with Gasteiger partial charge >= 0.3 is 0 Å². The number of benzene rings is 1. The molecule has 0 unspecified atom stereocenters. The SMILES string of the molecule is Cn1c(SCC(=O)NC2CCCCCC2)nc2ccccc21. The van der Waals surface area contributed by atoms with Crippen LogP contribution in [0.3, 0.4) is 0 Å². The standard InChI is InChI=1S/C17H23N3OS/c1-20-15-11-7-6-10-14(15)19-17(20)22-12-16(21)18-13-8-4-2-3-5-9-13/h6-7,10-11,13H,2-5,8-9,12H2,1H3,(H,18,21). The molecule has 1 fully saturated rings. The van der Waals surface area contributed by atoms with Crippen LogP contribution in [0.25, 0.3) is 11.0 Å². The van der Waals surface area contributed by atoms with Crippen molar-refractivity contribution in [1.82, 2.24) is 14.9 Å². The number of hydrogen-bond donors (Lipinski definition) is 1. The minimum absolute atomic E-state index is 0.129. The van der Waals surface area contributed by atoms with Crippen molar-refractivity contribution in [3.05, 3.63) is 24.3 Å². The van der Waals surface area contributed by atoms with E-state index in [9.17, 15) is 4.79 Å². The van der Waals surface area contributed by atoms with Gasteiger partial charge in [0.15, 0.2) is 5.16 Å². The summed E-state index contributed by atoms with van der Waals surface area (Å²) in [7, 11) is 2.00. The van der Waals surface area contributed by atoms with Gasteiger partial charge in [0.1, 0.15) is 0 Å². The largest absolute Gasteiger partial charge is 0.353 e. The monoisotopic (exact) mass is 317 g/mol. The Kier molecular flexibility index (Phi) is 5.03. The van der Waals surface area contributed by atoms with Crippen LogP contribution < -0.4 is 5.32 Å². The molecule has 22 heavy (non-hydrogen) atoms. The molecule has 2 aromatic rings. The molecule has 4 nitrogen and oxygen atoms in total. The fourth-order valence-corrected chi connectivity index (χ4v) is 3.87. The lowest BCUT2D eigenvalue weighted by molar-refractivity contribution is -0.119. The zero-order valence-electron chi connectivity index (χ0n) is 13.0. The van der Waals surface area contributed by atoms with Crippen molar-refractivity contribution < 1.29 is 4.79 Å². The van der Waals surface area contributed by atoms with E-state index < -0.39 is 0 Å². The van der Waals surface area contributed by atoms with Gasteiger partial charge in [0.25, 0.3) is 0 Å². The van der Waals surface area contributed by atoms with Crippen LogP contribution in [-0.2, 0) is 11.8 Å². The molecule has 0 aliphatic heterocycles. The Balaban J connectivity index is 1.56. The molecule has 1 aromatic heterocycles. The van der Waals surface area contributed by atoms with Crippen molar-refractivity contribution in [2.24, 2.45) is 7.05 Å². The number of fused-ring (bicyclic) bond motifs is 1. The number of hydrogen-bond acceptors (Lipinski definition) is 3. The smallest absolute Gasteiger partial charge is 0.230 e. The zero-order valence-corrected chi connectivity index (χ0v) is 13.9. The highest BCUT2D eigenvalue weighted by Crippen LogP contribution is 2.23. The van der Waals surface area contributed by atoms with Crippen molar-refractivity contribution in [3.63, 3.8) is 0 Å². The van der Waals surface area contributed by atoms with Crippen LogP contribution in [0.4, 0.5) is 0 Å². The summed E-state index contributed by atoms with van der Waals surface area (Å²) in [5, 5.41) is 4.09. The number of amides is 1.